The molecule has 4 N–H and O–H groups in total. The largest absolute Gasteiger partial charge is 0.508 e. The maximum Gasteiger partial charge on any atom is 0.265 e. The number of phenolic OH excluding ortho intramolecular Hbond substituents is 1. The zero-order valence-electron chi connectivity index (χ0n) is 9.64. The van der Waals surface area contributed by atoms with Crippen LogP contribution in [-0.4, -0.2) is 18.1 Å². The van der Waals surface area contributed by atoms with E-state index in [1.807, 2.05) is 0 Å². The third-order valence-corrected chi connectivity index (χ3v) is 3.23. The van der Waals surface area contributed by atoms with E-state index in [1.165, 1.54) is 23.5 Å². The summed E-state index contributed by atoms with van der Waals surface area (Å²) >= 11 is 1.28. The molecule has 0 fully saturated rings. The van der Waals surface area contributed by atoms with Crippen LogP contribution < -0.4 is 15.8 Å². The van der Waals surface area contributed by atoms with E-state index in [-0.39, 0.29) is 11.7 Å². The van der Waals surface area contributed by atoms with Crippen molar-refractivity contribution < 1.29 is 14.6 Å². The van der Waals surface area contributed by atoms with Gasteiger partial charge in [-0.15, -0.1) is 11.3 Å². The van der Waals surface area contributed by atoms with E-state index in [2.05, 4.69) is 5.32 Å². The summed E-state index contributed by atoms with van der Waals surface area (Å²) < 4.78 is 5.01. The minimum atomic E-state index is -0.263. The molecule has 0 aliphatic rings. The number of amides is 1. The van der Waals surface area contributed by atoms with Crippen molar-refractivity contribution in [2.24, 2.45) is 0 Å². The maximum atomic E-state index is 11.9. The average Bonchev–Trinajstić information content (AvgIpc) is 2.81. The van der Waals surface area contributed by atoms with Gasteiger partial charge in [0.05, 0.1) is 23.4 Å². The van der Waals surface area contributed by atoms with Crippen LogP contribution in [0.25, 0.3) is 0 Å². The van der Waals surface area contributed by atoms with Gasteiger partial charge in [-0.1, -0.05) is 0 Å². The molecule has 6 heteroatoms. The molecular weight excluding hydrogens is 252 g/mol. The fourth-order valence-corrected chi connectivity index (χ4v) is 2.14. The van der Waals surface area contributed by atoms with Gasteiger partial charge < -0.3 is 20.9 Å². The van der Waals surface area contributed by atoms with E-state index in [4.69, 9.17) is 10.5 Å². The number of hydrogen-bond acceptors (Lipinski definition) is 5. The second kappa shape index (κ2) is 4.97. The van der Waals surface area contributed by atoms with Crippen molar-refractivity contribution in [2.75, 3.05) is 18.2 Å². The quantitative estimate of drug-likeness (QED) is 0.586. The van der Waals surface area contributed by atoms with Crippen LogP contribution in [0, 0.1) is 0 Å². The maximum absolute atomic E-state index is 11.9. The number of rotatable bonds is 3. The predicted octanol–water partition coefficient (Wildman–Crippen LogP) is 2.30. The minimum Gasteiger partial charge on any atom is -0.508 e. The van der Waals surface area contributed by atoms with Crippen molar-refractivity contribution >= 4 is 28.6 Å². The summed E-state index contributed by atoms with van der Waals surface area (Å²) in [7, 11) is 1.54. The van der Waals surface area contributed by atoms with Gasteiger partial charge in [-0.25, -0.2) is 0 Å². The van der Waals surface area contributed by atoms with Gasteiger partial charge in [0.15, 0.2) is 0 Å². The predicted molar refractivity (Wildman–Crippen MR) is 71.3 cm³/mol. The first-order chi connectivity index (χ1) is 8.60. The molecule has 0 saturated heterocycles. The molecule has 0 aliphatic heterocycles. The van der Waals surface area contributed by atoms with Gasteiger partial charge in [0.1, 0.15) is 11.5 Å². The molecule has 18 heavy (non-hydrogen) atoms. The van der Waals surface area contributed by atoms with Gasteiger partial charge in [-0.05, 0) is 12.1 Å². The van der Waals surface area contributed by atoms with Crippen molar-refractivity contribution in [1.29, 1.82) is 0 Å². The van der Waals surface area contributed by atoms with E-state index >= 15 is 0 Å². The molecule has 0 radical (unpaired) electrons. The Bertz CT molecular complexity index is 580. The number of anilines is 2. The number of carbonyl (C=O) groups is 1. The monoisotopic (exact) mass is 264 g/mol. The second-order valence-corrected chi connectivity index (χ2v) is 4.49. The zero-order valence-corrected chi connectivity index (χ0v) is 10.5. The first kappa shape index (κ1) is 12.3. The molecule has 0 aliphatic carbocycles. The molecule has 5 nitrogen and oxygen atoms in total. The van der Waals surface area contributed by atoms with Gasteiger partial charge in [0.25, 0.3) is 5.91 Å². The summed E-state index contributed by atoms with van der Waals surface area (Å²) in [4.78, 5) is 12.4. The highest BCUT2D eigenvalue weighted by molar-refractivity contribution is 7.12. The van der Waals surface area contributed by atoms with Crippen LogP contribution in [0.3, 0.4) is 0 Å². The zero-order chi connectivity index (χ0) is 13.1. The van der Waals surface area contributed by atoms with E-state index in [1.54, 1.807) is 24.6 Å². The summed E-state index contributed by atoms with van der Waals surface area (Å²) in [6, 6.07) is 6.04. The highest BCUT2D eigenvalue weighted by atomic mass is 32.1. The normalized spacial score (nSPS) is 10.1. The van der Waals surface area contributed by atoms with Crippen LogP contribution in [0.1, 0.15) is 9.67 Å². The minimum absolute atomic E-state index is 0.0586. The number of methoxy groups -OCH3 is 1. The van der Waals surface area contributed by atoms with Crippen molar-refractivity contribution in [3.8, 4) is 11.5 Å². The molecule has 1 amide bonds. The molecule has 1 aromatic carbocycles. The average molecular weight is 264 g/mol. The molecular formula is C12H12N2O3S. The first-order valence-electron chi connectivity index (χ1n) is 5.12. The Morgan fingerprint density at radius 2 is 2.22 bits per heavy atom. The van der Waals surface area contributed by atoms with Crippen LogP contribution in [0.2, 0.25) is 0 Å². The lowest BCUT2D eigenvalue weighted by molar-refractivity contribution is 0.103. The lowest BCUT2D eigenvalue weighted by Crippen LogP contribution is -2.11. The highest BCUT2D eigenvalue weighted by Gasteiger charge is 2.11. The standard InChI is InChI=1S/C12H12N2O3S/c1-17-8-5-11(18-6-8)12(16)14-10-3-2-7(15)4-9(10)13/h2-6,15H,13H2,1H3,(H,14,16). The Balaban J connectivity index is 2.16. The fraction of sp³-hybridized carbons (Fsp3) is 0.0833. The number of nitrogen functional groups attached to an aromatic ring is 1. The number of ether oxygens (including phenoxy) is 1. The van der Waals surface area contributed by atoms with Gasteiger partial charge in [-0.2, -0.15) is 0 Å². The van der Waals surface area contributed by atoms with Crippen LogP contribution >= 0.6 is 11.3 Å². The fourth-order valence-electron chi connectivity index (χ4n) is 1.39. The third-order valence-electron chi connectivity index (χ3n) is 2.32. The van der Waals surface area contributed by atoms with Gasteiger partial charge in [0.2, 0.25) is 0 Å². The number of hydrogen-bond donors (Lipinski definition) is 3. The molecule has 0 saturated carbocycles. The van der Waals surface area contributed by atoms with Crippen molar-refractivity contribution in [1.82, 2.24) is 0 Å². The number of aromatic hydroxyl groups is 1. The summed E-state index contributed by atoms with van der Waals surface area (Å²) in [6.07, 6.45) is 0. The molecule has 94 valence electrons. The van der Waals surface area contributed by atoms with Crippen LogP contribution in [0.5, 0.6) is 11.5 Å². The molecule has 2 aromatic rings. The van der Waals surface area contributed by atoms with Crippen LogP contribution in [0.4, 0.5) is 11.4 Å². The van der Waals surface area contributed by atoms with Crippen LogP contribution in [-0.2, 0) is 0 Å². The molecule has 2 rings (SSSR count). The summed E-state index contributed by atoms with van der Waals surface area (Å²) in [5, 5.41) is 13.6. The Labute approximate surface area is 108 Å². The number of nitrogens with one attached hydrogen (secondary N) is 1. The SMILES string of the molecule is COc1csc(C(=O)Nc2ccc(O)cc2N)c1. The Morgan fingerprint density at radius 1 is 1.44 bits per heavy atom. The molecule has 0 atom stereocenters. The van der Waals surface area contributed by atoms with E-state index in [0.717, 1.165) is 0 Å². The lowest BCUT2D eigenvalue weighted by atomic mass is 10.2. The summed E-state index contributed by atoms with van der Waals surface area (Å²) in [6.45, 7) is 0. The highest BCUT2D eigenvalue weighted by Crippen LogP contribution is 2.26. The Morgan fingerprint density at radius 3 is 2.83 bits per heavy atom. The Kier molecular flexibility index (Phi) is 3.38. The van der Waals surface area contributed by atoms with Crippen LogP contribution in [0.15, 0.2) is 29.6 Å². The molecule has 1 aromatic heterocycles. The number of nitrogens with two attached hydrogens (primary N) is 1. The summed E-state index contributed by atoms with van der Waals surface area (Å²) in [5.74, 6) is 0.438. The number of thiophene rings is 1. The second-order valence-electron chi connectivity index (χ2n) is 3.58. The first-order valence-corrected chi connectivity index (χ1v) is 6.00. The number of phenols is 1. The summed E-state index contributed by atoms with van der Waals surface area (Å²) in [5.41, 5.74) is 6.46. The van der Waals surface area contributed by atoms with Gasteiger partial charge in [-0.3, -0.25) is 4.79 Å². The molecule has 0 spiro atoms. The molecule has 0 unspecified atom stereocenters. The molecule has 1 heterocycles. The molecule has 0 bridgehead atoms. The third kappa shape index (κ3) is 2.54. The smallest absolute Gasteiger partial charge is 0.265 e. The van der Waals surface area contributed by atoms with Gasteiger partial charge >= 0.3 is 0 Å². The van der Waals surface area contributed by atoms with Gasteiger partial charge in [0, 0.05) is 17.5 Å². The lowest BCUT2D eigenvalue weighted by Gasteiger charge is -2.07. The number of carbonyl (C=O) groups excluding carboxylic acids is 1. The number of benzene rings is 1. The van der Waals surface area contributed by atoms with Crippen molar-refractivity contribution in [2.45, 2.75) is 0 Å². The van der Waals surface area contributed by atoms with Crippen molar-refractivity contribution in [3.63, 3.8) is 0 Å². The van der Waals surface area contributed by atoms with E-state index in [0.29, 0.717) is 22.0 Å². The van der Waals surface area contributed by atoms with Crippen molar-refractivity contribution in [3.05, 3.63) is 34.5 Å². The Hall–Kier alpha value is -2.21. The topological polar surface area (TPSA) is 84.6 Å². The van der Waals surface area contributed by atoms with E-state index in [9.17, 15) is 9.90 Å². The van der Waals surface area contributed by atoms with E-state index < -0.39 is 0 Å².